The van der Waals surface area contributed by atoms with E-state index in [0.29, 0.717) is 31.7 Å². The Kier molecular flexibility index (Phi) is 5.38. The van der Waals surface area contributed by atoms with E-state index >= 15 is 0 Å². The molecule has 3 aromatic rings. The summed E-state index contributed by atoms with van der Waals surface area (Å²) < 4.78 is 1.95. The lowest BCUT2D eigenvalue weighted by Gasteiger charge is -2.17. The first-order valence-electron chi connectivity index (χ1n) is 10.2. The summed E-state index contributed by atoms with van der Waals surface area (Å²) in [5.41, 5.74) is 4.11. The summed E-state index contributed by atoms with van der Waals surface area (Å²) in [5, 5.41) is 4.10. The lowest BCUT2D eigenvalue weighted by Crippen LogP contribution is -2.35. The van der Waals surface area contributed by atoms with Crippen molar-refractivity contribution >= 4 is 22.7 Å². The standard InChI is InChI=1S/C24H27N3O2/c1-17-8-9-21-20(14-17)15-22(26(21)2)24(29)27-13-11-19(16-27)23(28)25-12-10-18-6-4-3-5-7-18/h3-9,14-15,19H,10-13,16H2,1-2H3,(H,25,28)/t19-/m1/s1. The second-order valence-electron chi connectivity index (χ2n) is 7.91. The van der Waals surface area contributed by atoms with E-state index in [0.717, 1.165) is 17.3 Å². The average Bonchev–Trinajstić information content (AvgIpc) is 3.33. The highest BCUT2D eigenvalue weighted by Gasteiger charge is 2.32. The molecule has 1 aromatic heterocycles. The minimum atomic E-state index is -0.133. The van der Waals surface area contributed by atoms with Gasteiger partial charge >= 0.3 is 0 Å². The Morgan fingerprint density at radius 1 is 1.10 bits per heavy atom. The zero-order valence-corrected chi connectivity index (χ0v) is 17.0. The molecule has 0 saturated carbocycles. The molecule has 1 aliphatic rings. The van der Waals surface area contributed by atoms with Crippen molar-refractivity contribution in [1.82, 2.24) is 14.8 Å². The van der Waals surface area contributed by atoms with E-state index in [1.165, 1.54) is 11.1 Å². The van der Waals surface area contributed by atoms with Gasteiger partial charge in [-0.1, -0.05) is 42.0 Å². The largest absolute Gasteiger partial charge is 0.355 e. The summed E-state index contributed by atoms with van der Waals surface area (Å²) in [6.07, 6.45) is 1.53. The first-order chi connectivity index (χ1) is 14.0. The highest BCUT2D eigenvalue weighted by Crippen LogP contribution is 2.24. The fourth-order valence-corrected chi connectivity index (χ4v) is 4.11. The van der Waals surface area contributed by atoms with Gasteiger partial charge in [-0.15, -0.1) is 0 Å². The maximum absolute atomic E-state index is 13.1. The van der Waals surface area contributed by atoms with E-state index in [9.17, 15) is 9.59 Å². The second-order valence-corrected chi connectivity index (χ2v) is 7.91. The number of nitrogens with one attached hydrogen (secondary N) is 1. The summed E-state index contributed by atoms with van der Waals surface area (Å²) >= 11 is 0. The molecule has 5 heteroatoms. The van der Waals surface area contributed by atoms with E-state index in [2.05, 4.69) is 42.6 Å². The van der Waals surface area contributed by atoms with E-state index in [-0.39, 0.29) is 17.7 Å². The molecule has 2 aromatic carbocycles. The summed E-state index contributed by atoms with van der Waals surface area (Å²) in [6.45, 7) is 3.78. The number of nitrogens with zero attached hydrogens (tertiary/aromatic N) is 2. The van der Waals surface area contributed by atoms with E-state index in [4.69, 9.17) is 0 Å². The van der Waals surface area contributed by atoms with Crippen LogP contribution < -0.4 is 5.32 Å². The smallest absolute Gasteiger partial charge is 0.270 e. The van der Waals surface area contributed by atoms with Crippen LogP contribution in [-0.2, 0) is 18.3 Å². The molecule has 0 aliphatic carbocycles. The van der Waals surface area contributed by atoms with Crippen molar-refractivity contribution in [1.29, 1.82) is 0 Å². The third kappa shape index (κ3) is 4.04. The number of rotatable bonds is 5. The molecule has 2 heterocycles. The third-order valence-electron chi connectivity index (χ3n) is 5.82. The molecular weight excluding hydrogens is 362 g/mol. The maximum atomic E-state index is 13.1. The summed E-state index contributed by atoms with van der Waals surface area (Å²) in [5.74, 6) is -0.0866. The number of aryl methyl sites for hydroxylation is 2. The minimum absolute atomic E-state index is 0.000869. The fraction of sp³-hybridized carbons (Fsp3) is 0.333. The molecule has 1 aliphatic heterocycles. The number of aromatic nitrogens is 1. The molecule has 150 valence electrons. The van der Waals surface area contributed by atoms with Gasteiger partial charge in [0.2, 0.25) is 5.91 Å². The zero-order valence-electron chi connectivity index (χ0n) is 17.0. The Morgan fingerprint density at radius 3 is 2.69 bits per heavy atom. The van der Waals surface area contributed by atoms with E-state index in [1.807, 2.05) is 40.8 Å². The van der Waals surface area contributed by atoms with Gasteiger partial charge in [0.1, 0.15) is 5.69 Å². The third-order valence-corrected chi connectivity index (χ3v) is 5.82. The van der Waals surface area contributed by atoms with Crippen molar-refractivity contribution in [3.05, 3.63) is 71.4 Å². The van der Waals surface area contributed by atoms with Gasteiger partial charge in [0, 0.05) is 37.6 Å². The Morgan fingerprint density at radius 2 is 1.90 bits per heavy atom. The summed E-state index contributed by atoms with van der Waals surface area (Å²) in [7, 11) is 1.93. The number of likely N-dealkylation sites (tertiary alicyclic amines) is 1. The van der Waals surface area contributed by atoms with Crippen LogP contribution in [0.2, 0.25) is 0 Å². The van der Waals surface area contributed by atoms with Crippen LogP contribution in [0.25, 0.3) is 10.9 Å². The Balaban J connectivity index is 1.36. The number of carbonyl (C=O) groups excluding carboxylic acids is 2. The van der Waals surface area contributed by atoms with Crippen LogP contribution in [0.4, 0.5) is 0 Å². The molecule has 4 rings (SSSR count). The Bertz CT molecular complexity index is 1040. The number of benzene rings is 2. The Labute approximate surface area is 171 Å². The van der Waals surface area contributed by atoms with Crippen molar-refractivity contribution in [3.63, 3.8) is 0 Å². The molecule has 1 atom stereocenters. The summed E-state index contributed by atoms with van der Waals surface area (Å²) in [6, 6.07) is 18.3. The van der Waals surface area contributed by atoms with Crippen LogP contribution in [-0.4, -0.2) is 40.9 Å². The molecule has 2 amide bonds. The van der Waals surface area contributed by atoms with Gasteiger partial charge in [0.05, 0.1) is 5.92 Å². The van der Waals surface area contributed by atoms with Crippen LogP contribution in [0, 0.1) is 12.8 Å². The monoisotopic (exact) mass is 389 g/mol. The van der Waals surface area contributed by atoms with Gasteiger partial charge < -0.3 is 14.8 Å². The molecular formula is C24H27N3O2. The van der Waals surface area contributed by atoms with Crippen molar-refractivity contribution in [2.75, 3.05) is 19.6 Å². The lowest BCUT2D eigenvalue weighted by molar-refractivity contribution is -0.124. The van der Waals surface area contributed by atoms with Crippen LogP contribution in [0.3, 0.4) is 0 Å². The first kappa shape index (κ1) is 19.2. The SMILES string of the molecule is Cc1ccc2c(c1)cc(C(=O)N1CC[C@@H](C(=O)NCCc3ccccc3)C1)n2C. The quantitative estimate of drug-likeness (QED) is 0.728. The van der Waals surface area contributed by atoms with Gasteiger partial charge in [-0.3, -0.25) is 9.59 Å². The second kappa shape index (κ2) is 8.11. The van der Waals surface area contributed by atoms with Crippen LogP contribution in [0.1, 0.15) is 28.0 Å². The van der Waals surface area contributed by atoms with Crippen LogP contribution >= 0.6 is 0 Å². The molecule has 1 N–H and O–H groups in total. The molecule has 0 bridgehead atoms. The number of fused-ring (bicyclic) bond motifs is 1. The van der Waals surface area contributed by atoms with Crippen molar-refractivity contribution in [3.8, 4) is 0 Å². The molecule has 5 nitrogen and oxygen atoms in total. The maximum Gasteiger partial charge on any atom is 0.270 e. The highest BCUT2D eigenvalue weighted by molar-refractivity contribution is 5.99. The number of carbonyl (C=O) groups is 2. The molecule has 0 radical (unpaired) electrons. The van der Waals surface area contributed by atoms with E-state index < -0.39 is 0 Å². The van der Waals surface area contributed by atoms with Crippen molar-refractivity contribution in [2.45, 2.75) is 19.8 Å². The van der Waals surface area contributed by atoms with E-state index in [1.54, 1.807) is 0 Å². The molecule has 1 fully saturated rings. The molecule has 29 heavy (non-hydrogen) atoms. The fourth-order valence-electron chi connectivity index (χ4n) is 4.11. The van der Waals surface area contributed by atoms with Crippen molar-refractivity contribution < 1.29 is 9.59 Å². The van der Waals surface area contributed by atoms with Crippen LogP contribution in [0.5, 0.6) is 0 Å². The Hall–Kier alpha value is -3.08. The van der Waals surface area contributed by atoms with Gasteiger partial charge in [-0.25, -0.2) is 0 Å². The normalized spacial score (nSPS) is 16.3. The highest BCUT2D eigenvalue weighted by atomic mass is 16.2. The van der Waals surface area contributed by atoms with Gasteiger partial charge in [0.15, 0.2) is 0 Å². The number of amides is 2. The van der Waals surface area contributed by atoms with Crippen molar-refractivity contribution in [2.24, 2.45) is 13.0 Å². The van der Waals surface area contributed by atoms with Crippen LogP contribution in [0.15, 0.2) is 54.6 Å². The first-order valence-corrected chi connectivity index (χ1v) is 10.2. The minimum Gasteiger partial charge on any atom is -0.355 e. The van der Waals surface area contributed by atoms with Gasteiger partial charge in [0.25, 0.3) is 5.91 Å². The average molecular weight is 389 g/mol. The number of hydrogen-bond acceptors (Lipinski definition) is 2. The predicted octanol–water partition coefficient (Wildman–Crippen LogP) is 3.31. The molecule has 0 unspecified atom stereocenters. The predicted molar refractivity (Wildman–Crippen MR) is 115 cm³/mol. The van der Waals surface area contributed by atoms with Gasteiger partial charge in [-0.2, -0.15) is 0 Å². The lowest BCUT2D eigenvalue weighted by atomic mass is 10.1. The summed E-state index contributed by atoms with van der Waals surface area (Å²) in [4.78, 5) is 27.4. The number of hydrogen-bond donors (Lipinski definition) is 1. The van der Waals surface area contributed by atoms with Gasteiger partial charge in [-0.05, 0) is 43.5 Å². The zero-order chi connectivity index (χ0) is 20.4. The molecule has 1 saturated heterocycles. The topological polar surface area (TPSA) is 54.3 Å². The molecule has 0 spiro atoms.